The summed E-state index contributed by atoms with van der Waals surface area (Å²) in [6.07, 6.45) is 0.561. The molecule has 164 valence electrons. The first-order valence-electron chi connectivity index (χ1n) is 10.3. The van der Waals surface area contributed by atoms with Gasteiger partial charge in [0.1, 0.15) is 5.58 Å². The lowest BCUT2D eigenvalue weighted by molar-refractivity contribution is -0.384. The second-order valence-electron chi connectivity index (χ2n) is 7.80. The van der Waals surface area contributed by atoms with Gasteiger partial charge in [0.25, 0.3) is 11.6 Å². The summed E-state index contributed by atoms with van der Waals surface area (Å²) in [4.78, 5) is 39.4. The predicted molar refractivity (Wildman–Crippen MR) is 126 cm³/mol. The van der Waals surface area contributed by atoms with Gasteiger partial charge in [0.05, 0.1) is 21.9 Å². The van der Waals surface area contributed by atoms with E-state index in [1.165, 1.54) is 12.1 Å². The number of carbonyl (C=O) groups is 1. The number of hydrogen-bond acceptors (Lipinski definition) is 5. The number of carbonyl (C=O) groups excluding carboxylic acids is 1. The van der Waals surface area contributed by atoms with Crippen LogP contribution in [0, 0.1) is 10.1 Å². The average Bonchev–Trinajstić information content (AvgIpc) is 3.11. The maximum atomic E-state index is 13.5. The van der Waals surface area contributed by atoms with Gasteiger partial charge in [0, 0.05) is 23.2 Å². The Morgan fingerprint density at radius 2 is 1.79 bits per heavy atom. The lowest BCUT2D eigenvalue weighted by Gasteiger charge is -2.25. The molecule has 1 unspecified atom stereocenters. The van der Waals surface area contributed by atoms with Gasteiger partial charge in [-0.05, 0) is 35.7 Å². The third-order valence-corrected chi connectivity index (χ3v) is 6.30. The Balaban J connectivity index is 1.68. The summed E-state index contributed by atoms with van der Waals surface area (Å²) >= 11 is 3.37. The lowest BCUT2D eigenvalue weighted by Crippen LogP contribution is -2.31. The summed E-state index contributed by atoms with van der Waals surface area (Å²) in [6.45, 7) is 0.319. The highest BCUT2D eigenvalue weighted by molar-refractivity contribution is 9.10. The van der Waals surface area contributed by atoms with E-state index in [1.54, 1.807) is 35.2 Å². The molecule has 0 N–H and O–H groups in total. The Kier molecular flexibility index (Phi) is 5.30. The van der Waals surface area contributed by atoms with Crippen molar-refractivity contribution in [2.24, 2.45) is 0 Å². The van der Waals surface area contributed by atoms with E-state index in [9.17, 15) is 19.7 Å². The molecule has 1 amide bonds. The van der Waals surface area contributed by atoms with Gasteiger partial charge >= 0.3 is 0 Å². The standard InChI is InChI=1S/C25H17BrN2O5/c26-17-9-10-20-19(14-17)23(29)21-22(16-7-4-8-18(13-16)28(31)32)27(25(30)24(21)33-20)12-11-15-5-2-1-3-6-15/h1-10,13-14,22H,11-12H2. The van der Waals surface area contributed by atoms with Gasteiger partial charge in [-0.15, -0.1) is 0 Å². The largest absolute Gasteiger partial charge is 0.450 e. The van der Waals surface area contributed by atoms with Crippen molar-refractivity contribution in [3.8, 4) is 0 Å². The fourth-order valence-corrected chi connectivity index (χ4v) is 4.63. The zero-order chi connectivity index (χ0) is 23.1. The molecule has 0 radical (unpaired) electrons. The van der Waals surface area contributed by atoms with Crippen LogP contribution in [0.15, 0.2) is 86.5 Å². The molecular formula is C25H17BrN2O5. The molecule has 1 aliphatic rings. The second-order valence-corrected chi connectivity index (χ2v) is 8.72. The van der Waals surface area contributed by atoms with Gasteiger partial charge in [0.2, 0.25) is 5.76 Å². The van der Waals surface area contributed by atoms with Gasteiger partial charge in [0.15, 0.2) is 5.43 Å². The van der Waals surface area contributed by atoms with Crippen LogP contribution in [0.5, 0.6) is 0 Å². The number of non-ortho nitro benzene ring substituents is 1. The van der Waals surface area contributed by atoms with Crippen LogP contribution in [-0.4, -0.2) is 22.3 Å². The Labute approximate surface area is 196 Å². The van der Waals surface area contributed by atoms with Crippen molar-refractivity contribution < 1.29 is 14.1 Å². The Morgan fingerprint density at radius 1 is 1.00 bits per heavy atom. The van der Waals surface area contributed by atoms with E-state index in [0.717, 1.165) is 5.56 Å². The van der Waals surface area contributed by atoms with E-state index in [1.807, 2.05) is 30.3 Å². The molecular weight excluding hydrogens is 488 g/mol. The van der Waals surface area contributed by atoms with Crippen molar-refractivity contribution in [2.75, 3.05) is 6.54 Å². The molecule has 3 aromatic carbocycles. The summed E-state index contributed by atoms with van der Waals surface area (Å²) in [7, 11) is 0. The highest BCUT2D eigenvalue weighted by Crippen LogP contribution is 2.39. The normalized spacial score (nSPS) is 15.1. The molecule has 1 aromatic heterocycles. The van der Waals surface area contributed by atoms with Crippen LogP contribution >= 0.6 is 15.9 Å². The summed E-state index contributed by atoms with van der Waals surface area (Å²) in [5.41, 5.74) is 1.62. The molecule has 4 aromatic rings. The van der Waals surface area contributed by atoms with Gasteiger partial charge in [-0.25, -0.2) is 0 Å². The molecule has 1 atom stereocenters. The lowest BCUT2D eigenvalue weighted by atomic mass is 9.98. The van der Waals surface area contributed by atoms with Crippen LogP contribution in [0.3, 0.4) is 0 Å². The summed E-state index contributed by atoms with van der Waals surface area (Å²) in [5, 5.41) is 11.7. The Morgan fingerprint density at radius 3 is 2.55 bits per heavy atom. The number of fused-ring (bicyclic) bond motifs is 2. The summed E-state index contributed by atoms with van der Waals surface area (Å²) in [6, 6.07) is 20.0. The molecule has 1 aliphatic heterocycles. The van der Waals surface area contributed by atoms with Crippen LogP contribution in [0.1, 0.15) is 33.3 Å². The van der Waals surface area contributed by atoms with E-state index >= 15 is 0 Å². The first-order valence-corrected chi connectivity index (χ1v) is 11.1. The van der Waals surface area contributed by atoms with E-state index in [2.05, 4.69) is 15.9 Å². The molecule has 5 rings (SSSR count). The smallest absolute Gasteiger partial charge is 0.290 e. The van der Waals surface area contributed by atoms with Crippen LogP contribution < -0.4 is 5.43 Å². The number of benzene rings is 3. The monoisotopic (exact) mass is 504 g/mol. The summed E-state index contributed by atoms with van der Waals surface area (Å²) < 4.78 is 6.63. The highest BCUT2D eigenvalue weighted by Gasteiger charge is 2.42. The molecule has 0 aliphatic carbocycles. The number of halogens is 1. The van der Waals surface area contributed by atoms with Gasteiger partial charge < -0.3 is 9.32 Å². The first kappa shape index (κ1) is 21.1. The average molecular weight is 505 g/mol. The number of nitro groups is 1. The van der Waals surface area contributed by atoms with E-state index in [-0.39, 0.29) is 22.4 Å². The minimum atomic E-state index is -0.782. The topological polar surface area (TPSA) is 93.7 Å². The molecule has 2 heterocycles. The molecule has 0 bridgehead atoms. The number of nitro benzene ring substituents is 1. The maximum absolute atomic E-state index is 13.5. The minimum absolute atomic E-state index is 0.0145. The third kappa shape index (κ3) is 3.72. The number of amides is 1. The minimum Gasteiger partial charge on any atom is -0.450 e. The SMILES string of the molecule is O=C1c2oc3ccc(Br)cc3c(=O)c2C(c2cccc([N+](=O)[O-])c2)N1CCc1ccccc1. The molecule has 7 nitrogen and oxygen atoms in total. The molecule has 0 saturated heterocycles. The van der Waals surface area contributed by atoms with E-state index < -0.39 is 16.9 Å². The fourth-order valence-electron chi connectivity index (χ4n) is 4.27. The van der Waals surface area contributed by atoms with Crippen LogP contribution in [0.25, 0.3) is 11.0 Å². The van der Waals surface area contributed by atoms with Crippen LogP contribution in [0.4, 0.5) is 5.69 Å². The van der Waals surface area contributed by atoms with Crippen LogP contribution in [-0.2, 0) is 6.42 Å². The number of nitrogens with zero attached hydrogens (tertiary/aromatic N) is 2. The van der Waals surface area contributed by atoms with Crippen molar-refractivity contribution in [1.29, 1.82) is 0 Å². The predicted octanol–water partition coefficient (Wildman–Crippen LogP) is 5.25. The number of hydrogen-bond donors (Lipinski definition) is 0. The fraction of sp³-hybridized carbons (Fsp3) is 0.120. The Hall–Kier alpha value is -3.78. The van der Waals surface area contributed by atoms with Crippen molar-refractivity contribution in [3.63, 3.8) is 0 Å². The van der Waals surface area contributed by atoms with Gasteiger partial charge in [-0.2, -0.15) is 0 Å². The van der Waals surface area contributed by atoms with E-state index in [0.29, 0.717) is 34.0 Å². The Bertz CT molecular complexity index is 1470. The van der Waals surface area contributed by atoms with Crippen molar-refractivity contribution in [1.82, 2.24) is 4.90 Å². The molecule has 0 spiro atoms. The van der Waals surface area contributed by atoms with Gasteiger partial charge in [-0.3, -0.25) is 19.7 Å². The quantitative estimate of drug-likeness (QED) is 0.273. The van der Waals surface area contributed by atoms with Crippen molar-refractivity contribution >= 4 is 38.5 Å². The van der Waals surface area contributed by atoms with E-state index in [4.69, 9.17) is 4.42 Å². The molecule has 33 heavy (non-hydrogen) atoms. The molecule has 0 saturated carbocycles. The third-order valence-electron chi connectivity index (χ3n) is 5.81. The zero-order valence-corrected chi connectivity index (χ0v) is 18.8. The second kappa shape index (κ2) is 8.29. The maximum Gasteiger partial charge on any atom is 0.290 e. The zero-order valence-electron chi connectivity index (χ0n) is 17.2. The molecule has 0 fully saturated rings. The first-order chi connectivity index (χ1) is 15.9. The number of rotatable bonds is 5. The van der Waals surface area contributed by atoms with Crippen molar-refractivity contribution in [2.45, 2.75) is 12.5 Å². The highest BCUT2D eigenvalue weighted by atomic mass is 79.9. The van der Waals surface area contributed by atoms with Crippen LogP contribution in [0.2, 0.25) is 0 Å². The summed E-state index contributed by atoms with van der Waals surface area (Å²) in [5.74, 6) is -0.418. The molecule has 8 heteroatoms. The van der Waals surface area contributed by atoms with Gasteiger partial charge in [-0.1, -0.05) is 58.4 Å². The van der Waals surface area contributed by atoms with Crippen molar-refractivity contribution in [3.05, 3.63) is 120 Å².